The predicted molar refractivity (Wildman–Crippen MR) is 78.8 cm³/mol. The summed E-state index contributed by atoms with van der Waals surface area (Å²) in [5.74, 6) is -0.460. The largest absolute Gasteiger partial charge is 0.383 e. The van der Waals surface area contributed by atoms with Crippen LogP contribution in [0.25, 0.3) is 0 Å². The van der Waals surface area contributed by atoms with E-state index in [0.717, 1.165) is 4.88 Å². The highest BCUT2D eigenvalue weighted by Gasteiger charge is 2.20. The Morgan fingerprint density at radius 3 is 2.70 bits per heavy atom. The molecule has 1 aromatic heterocycles. The van der Waals surface area contributed by atoms with Crippen molar-refractivity contribution in [3.8, 4) is 0 Å². The van der Waals surface area contributed by atoms with Crippen LogP contribution in [0.2, 0.25) is 0 Å². The summed E-state index contributed by atoms with van der Waals surface area (Å²) in [4.78, 5) is 30.6. The average Bonchev–Trinajstić information content (AvgIpc) is 2.78. The van der Waals surface area contributed by atoms with Gasteiger partial charge in [-0.25, -0.2) is 4.98 Å². The standard InChI is InChI=1S/C13H21N3O3S/c1-9(2)12(18)16(5-6-19-4)8-11(17)15-13-14-7-10(3)20-13/h7,9H,5-6,8H2,1-4H3,(H,14,15,17). The first-order valence-electron chi connectivity index (χ1n) is 6.44. The van der Waals surface area contributed by atoms with Crippen molar-refractivity contribution in [2.24, 2.45) is 5.92 Å². The first kappa shape index (κ1) is 16.6. The fourth-order valence-electron chi connectivity index (χ4n) is 1.58. The highest BCUT2D eigenvalue weighted by atomic mass is 32.1. The van der Waals surface area contributed by atoms with Crippen LogP contribution < -0.4 is 5.32 Å². The van der Waals surface area contributed by atoms with E-state index in [1.807, 2.05) is 20.8 Å². The first-order valence-corrected chi connectivity index (χ1v) is 7.25. The summed E-state index contributed by atoms with van der Waals surface area (Å²) in [6, 6.07) is 0. The van der Waals surface area contributed by atoms with Gasteiger partial charge in [0.1, 0.15) is 6.54 Å². The fraction of sp³-hybridized carbons (Fsp3) is 0.615. The summed E-state index contributed by atoms with van der Waals surface area (Å²) >= 11 is 1.40. The lowest BCUT2D eigenvalue weighted by molar-refractivity contribution is -0.138. The minimum atomic E-state index is -0.246. The molecular formula is C13H21N3O3S. The van der Waals surface area contributed by atoms with Gasteiger partial charge in [-0.2, -0.15) is 0 Å². The number of carbonyl (C=O) groups excluding carboxylic acids is 2. The molecule has 0 spiro atoms. The molecule has 0 saturated heterocycles. The molecule has 1 N–H and O–H groups in total. The van der Waals surface area contributed by atoms with Gasteiger partial charge in [0.05, 0.1) is 6.61 Å². The third-order valence-corrected chi connectivity index (χ3v) is 3.40. The Hall–Kier alpha value is -1.47. The van der Waals surface area contributed by atoms with Gasteiger partial charge in [-0.15, -0.1) is 11.3 Å². The van der Waals surface area contributed by atoms with Crippen LogP contribution in [0.15, 0.2) is 6.20 Å². The van der Waals surface area contributed by atoms with Crippen molar-refractivity contribution in [3.05, 3.63) is 11.1 Å². The number of hydrogen-bond donors (Lipinski definition) is 1. The number of aryl methyl sites for hydroxylation is 1. The molecule has 0 atom stereocenters. The number of rotatable bonds is 7. The minimum absolute atomic E-state index is 0.0129. The van der Waals surface area contributed by atoms with Crippen molar-refractivity contribution in [3.63, 3.8) is 0 Å². The maximum Gasteiger partial charge on any atom is 0.245 e. The Balaban J connectivity index is 2.59. The van der Waals surface area contributed by atoms with E-state index in [-0.39, 0.29) is 24.3 Å². The highest BCUT2D eigenvalue weighted by molar-refractivity contribution is 7.15. The molecule has 0 unspecified atom stereocenters. The number of nitrogens with zero attached hydrogens (tertiary/aromatic N) is 2. The lowest BCUT2D eigenvalue weighted by Gasteiger charge is -2.23. The average molecular weight is 299 g/mol. The maximum absolute atomic E-state index is 12.0. The lowest BCUT2D eigenvalue weighted by atomic mass is 10.2. The van der Waals surface area contributed by atoms with Crippen molar-refractivity contribution in [2.45, 2.75) is 20.8 Å². The molecular weight excluding hydrogens is 278 g/mol. The summed E-state index contributed by atoms with van der Waals surface area (Å²) in [5, 5.41) is 3.25. The van der Waals surface area contributed by atoms with Gasteiger partial charge >= 0.3 is 0 Å². The van der Waals surface area contributed by atoms with E-state index in [2.05, 4.69) is 10.3 Å². The molecule has 0 radical (unpaired) electrons. The number of ether oxygens (including phenoxy) is 1. The second kappa shape index (κ2) is 7.96. The predicted octanol–water partition coefficient (Wildman–Crippen LogP) is 1.52. The van der Waals surface area contributed by atoms with Crippen molar-refractivity contribution in [2.75, 3.05) is 32.1 Å². The zero-order valence-corrected chi connectivity index (χ0v) is 13.1. The zero-order chi connectivity index (χ0) is 15.1. The first-order chi connectivity index (χ1) is 9.43. The lowest BCUT2D eigenvalue weighted by Crippen LogP contribution is -2.41. The summed E-state index contributed by atoms with van der Waals surface area (Å²) in [6.45, 7) is 6.36. The number of anilines is 1. The second-order valence-corrected chi connectivity index (χ2v) is 5.97. The van der Waals surface area contributed by atoms with Crippen LogP contribution >= 0.6 is 11.3 Å². The molecule has 0 aliphatic heterocycles. The van der Waals surface area contributed by atoms with Gasteiger partial charge in [0, 0.05) is 30.6 Å². The number of thiazole rings is 1. The van der Waals surface area contributed by atoms with Crippen molar-refractivity contribution in [1.29, 1.82) is 0 Å². The van der Waals surface area contributed by atoms with Gasteiger partial charge in [-0.1, -0.05) is 13.8 Å². The molecule has 6 nitrogen and oxygen atoms in total. The van der Waals surface area contributed by atoms with Crippen molar-refractivity contribution in [1.82, 2.24) is 9.88 Å². The molecule has 1 aromatic rings. The smallest absolute Gasteiger partial charge is 0.245 e. The maximum atomic E-state index is 12.0. The van der Waals surface area contributed by atoms with Gasteiger partial charge in [0.2, 0.25) is 11.8 Å². The van der Waals surface area contributed by atoms with Gasteiger partial charge in [-0.3, -0.25) is 9.59 Å². The van der Waals surface area contributed by atoms with Crippen LogP contribution in [0.5, 0.6) is 0 Å². The number of hydrogen-bond acceptors (Lipinski definition) is 5. The molecule has 1 heterocycles. The van der Waals surface area contributed by atoms with E-state index < -0.39 is 0 Å². The van der Waals surface area contributed by atoms with Gasteiger partial charge in [0.25, 0.3) is 0 Å². The molecule has 0 aromatic carbocycles. The van der Waals surface area contributed by atoms with Crippen LogP contribution in [0.3, 0.4) is 0 Å². The molecule has 0 fully saturated rings. The van der Waals surface area contributed by atoms with E-state index in [9.17, 15) is 9.59 Å². The molecule has 112 valence electrons. The van der Waals surface area contributed by atoms with Crippen LogP contribution in [0, 0.1) is 12.8 Å². The van der Waals surface area contributed by atoms with Crippen LogP contribution in [0.4, 0.5) is 5.13 Å². The Kier molecular flexibility index (Phi) is 6.60. The number of nitrogens with one attached hydrogen (secondary N) is 1. The molecule has 0 bridgehead atoms. The third-order valence-electron chi connectivity index (χ3n) is 2.57. The molecule has 7 heteroatoms. The Morgan fingerprint density at radius 2 is 2.20 bits per heavy atom. The molecule has 0 aliphatic rings. The third kappa shape index (κ3) is 5.26. The minimum Gasteiger partial charge on any atom is -0.383 e. The van der Waals surface area contributed by atoms with E-state index in [4.69, 9.17) is 4.74 Å². The van der Waals surface area contributed by atoms with Gasteiger partial charge in [0.15, 0.2) is 5.13 Å². The summed E-state index contributed by atoms with van der Waals surface area (Å²) in [5.41, 5.74) is 0. The van der Waals surface area contributed by atoms with E-state index in [1.165, 1.54) is 16.2 Å². The van der Waals surface area contributed by atoms with Crippen LogP contribution in [-0.2, 0) is 14.3 Å². The second-order valence-electron chi connectivity index (χ2n) is 4.73. The number of aromatic nitrogens is 1. The highest BCUT2D eigenvalue weighted by Crippen LogP contribution is 2.16. The molecule has 0 aliphatic carbocycles. The molecule has 20 heavy (non-hydrogen) atoms. The van der Waals surface area contributed by atoms with Gasteiger partial charge < -0.3 is 15.0 Å². The normalized spacial score (nSPS) is 10.7. The van der Waals surface area contributed by atoms with E-state index in [0.29, 0.717) is 18.3 Å². The monoisotopic (exact) mass is 299 g/mol. The number of methoxy groups -OCH3 is 1. The summed E-state index contributed by atoms with van der Waals surface area (Å²) < 4.78 is 4.97. The summed E-state index contributed by atoms with van der Waals surface area (Å²) in [7, 11) is 1.57. The molecule has 0 saturated carbocycles. The van der Waals surface area contributed by atoms with Gasteiger partial charge in [-0.05, 0) is 6.92 Å². The van der Waals surface area contributed by atoms with E-state index >= 15 is 0 Å². The molecule has 1 rings (SSSR count). The van der Waals surface area contributed by atoms with E-state index in [1.54, 1.807) is 13.3 Å². The Morgan fingerprint density at radius 1 is 1.50 bits per heavy atom. The topological polar surface area (TPSA) is 71.5 Å². The van der Waals surface area contributed by atoms with Crippen LogP contribution in [-0.4, -0.2) is 48.5 Å². The SMILES string of the molecule is COCCN(CC(=O)Nc1ncc(C)s1)C(=O)C(C)C. The Bertz CT molecular complexity index is 459. The summed E-state index contributed by atoms with van der Waals surface area (Å²) in [6.07, 6.45) is 1.70. The zero-order valence-electron chi connectivity index (χ0n) is 12.3. The molecule has 2 amide bonds. The number of amides is 2. The fourth-order valence-corrected chi connectivity index (χ4v) is 2.26. The van der Waals surface area contributed by atoms with Crippen molar-refractivity contribution >= 4 is 28.3 Å². The van der Waals surface area contributed by atoms with Crippen LogP contribution in [0.1, 0.15) is 18.7 Å². The van der Waals surface area contributed by atoms with Crippen molar-refractivity contribution < 1.29 is 14.3 Å². The Labute approximate surface area is 123 Å². The number of carbonyl (C=O) groups is 2. The quantitative estimate of drug-likeness (QED) is 0.828.